The van der Waals surface area contributed by atoms with E-state index in [1.807, 2.05) is 36.4 Å². The topological polar surface area (TPSA) is 118 Å². The lowest BCUT2D eigenvalue weighted by atomic mass is 9.43. The molecule has 0 aliphatic heterocycles. The fourth-order valence-corrected chi connectivity index (χ4v) is 12.8. The first-order valence-electron chi connectivity index (χ1n) is 21.0. The highest BCUT2D eigenvalue weighted by Gasteiger charge is 2.67. The molecule has 0 amide bonds. The molecule has 0 heterocycles. The fourth-order valence-electron chi connectivity index (χ4n) is 11.4. The monoisotopic (exact) mass is 790 g/mol. The largest absolute Gasteiger partial charge is 0.481 e. The second-order valence-electron chi connectivity index (χ2n) is 19.4. The number of hydrogen-bond acceptors (Lipinski definition) is 8. The summed E-state index contributed by atoms with van der Waals surface area (Å²) in [4.78, 5) is 37.8. The molecular formula is C46H66O9Si. The number of carboxylic acid groups (broad SMARTS) is 1. The molecule has 4 fully saturated rings. The Morgan fingerprint density at radius 1 is 0.821 bits per heavy atom. The van der Waals surface area contributed by atoms with Crippen LogP contribution in [-0.4, -0.2) is 63.2 Å². The van der Waals surface area contributed by atoms with Crippen molar-refractivity contribution in [3.05, 3.63) is 71.8 Å². The lowest BCUT2D eigenvalue weighted by Gasteiger charge is -2.65. The number of aliphatic carboxylic acids is 1. The molecule has 11 atom stereocenters. The van der Waals surface area contributed by atoms with Crippen molar-refractivity contribution in [2.45, 2.75) is 136 Å². The van der Waals surface area contributed by atoms with Gasteiger partial charge in [-0.25, -0.2) is 9.59 Å². The van der Waals surface area contributed by atoms with Crippen molar-refractivity contribution in [1.29, 1.82) is 0 Å². The average Bonchev–Trinajstić information content (AvgIpc) is 3.52. The van der Waals surface area contributed by atoms with E-state index in [0.29, 0.717) is 23.5 Å². The molecule has 0 spiro atoms. The van der Waals surface area contributed by atoms with E-state index < -0.39 is 26.2 Å². The van der Waals surface area contributed by atoms with E-state index in [9.17, 15) is 19.5 Å². The minimum Gasteiger partial charge on any atom is -0.481 e. The van der Waals surface area contributed by atoms with Crippen molar-refractivity contribution >= 4 is 26.2 Å². The molecule has 2 aromatic carbocycles. The zero-order chi connectivity index (χ0) is 40.5. The zero-order valence-corrected chi connectivity index (χ0v) is 36.0. The third kappa shape index (κ3) is 8.69. The quantitative estimate of drug-likeness (QED) is 0.113. The Morgan fingerprint density at radius 3 is 1.98 bits per heavy atom. The fraction of sp³-hybridized carbons (Fsp3) is 0.674. The van der Waals surface area contributed by atoms with Gasteiger partial charge in [0.15, 0.2) is 21.9 Å². The first-order chi connectivity index (χ1) is 26.5. The molecule has 0 bridgehead atoms. The number of esters is 2. The van der Waals surface area contributed by atoms with E-state index >= 15 is 0 Å². The van der Waals surface area contributed by atoms with Gasteiger partial charge in [0.05, 0.1) is 23.3 Å². The molecule has 0 radical (unpaired) electrons. The summed E-state index contributed by atoms with van der Waals surface area (Å²) in [6.45, 7) is 18.3. The predicted octanol–water partition coefficient (Wildman–Crippen LogP) is 10.2. The Bertz CT molecular complexity index is 1660. The van der Waals surface area contributed by atoms with Crippen LogP contribution >= 0.6 is 0 Å². The van der Waals surface area contributed by atoms with Gasteiger partial charge in [0.1, 0.15) is 0 Å². The minimum absolute atomic E-state index is 0.00913. The summed E-state index contributed by atoms with van der Waals surface area (Å²) in [5, 5.41) is 9.74. The van der Waals surface area contributed by atoms with Crippen LogP contribution < -0.4 is 0 Å². The molecule has 0 saturated heterocycles. The van der Waals surface area contributed by atoms with Crippen molar-refractivity contribution in [2.24, 2.45) is 46.3 Å². The Labute approximate surface area is 335 Å². The zero-order valence-electron chi connectivity index (χ0n) is 35.0. The smallest absolute Gasteiger partial charge is 0.340 e. The van der Waals surface area contributed by atoms with Gasteiger partial charge in [0.25, 0.3) is 0 Å². The van der Waals surface area contributed by atoms with Crippen LogP contribution in [0.4, 0.5) is 0 Å². The van der Waals surface area contributed by atoms with E-state index in [4.69, 9.17) is 23.4 Å². The molecule has 0 unspecified atom stereocenters. The van der Waals surface area contributed by atoms with Gasteiger partial charge < -0.3 is 28.5 Å². The standard InChI is InChI=1S/C46H66O9Si/c1-30(19-22-40(47)48)35-20-21-36-41-37(27-39(46(35,36)6)52-29-54-43(50)32-17-13-10-14-18-32)45(5)24-23-34(55-56(7,8)44(2,3)4)25-33(45)26-38(41)51-28-53-42(49)31-15-11-9-12-16-31/h9-18,30,33-39,41H,19-29H2,1-8H3,(H,47,48)/t30-,33+,34-,35-,36+,37+,38-,39+,41+,45+,46-/m1/s1. The van der Waals surface area contributed by atoms with Crippen LogP contribution in [0, 0.1) is 46.3 Å². The van der Waals surface area contributed by atoms with Gasteiger partial charge in [0.2, 0.25) is 0 Å². The summed E-state index contributed by atoms with van der Waals surface area (Å²) in [6.07, 6.45) is 7.19. The number of carbonyl (C=O) groups excluding carboxylic acids is 2. The van der Waals surface area contributed by atoms with E-state index in [0.717, 1.165) is 44.9 Å². The van der Waals surface area contributed by atoms with Gasteiger partial charge in [-0.15, -0.1) is 0 Å². The lowest BCUT2D eigenvalue weighted by molar-refractivity contribution is -0.243. The molecule has 10 heteroatoms. The van der Waals surface area contributed by atoms with Crippen LogP contribution in [0.3, 0.4) is 0 Å². The number of hydrogen-bond donors (Lipinski definition) is 1. The summed E-state index contributed by atoms with van der Waals surface area (Å²) in [5.74, 6) is -0.194. The number of rotatable bonds is 14. The van der Waals surface area contributed by atoms with Gasteiger partial charge in [-0.3, -0.25) is 4.79 Å². The van der Waals surface area contributed by atoms with E-state index in [1.54, 1.807) is 24.3 Å². The molecule has 56 heavy (non-hydrogen) atoms. The van der Waals surface area contributed by atoms with Crippen molar-refractivity contribution in [2.75, 3.05) is 13.6 Å². The Kier molecular flexibility index (Phi) is 12.9. The van der Waals surface area contributed by atoms with Crippen LogP contribution in [0.5, 0.6) is 0 Å². The van der Waals surface area contributed by atoms with Gasteiger partial charge in [-0.1, -0.05) is 77.9 Å². The summed E-state index contributed by atoms with van der Waals surface area (Å²) < 4.78 is 32.2. The van der Waals surface area contributed by atoms with Gasteiger partial charge in [-0.05, 0) is 135 Å². The number of fused-ring (bicyclic) bond motifs is 5. The number of benzene rings is 2. The SMILES string of the molecule is C[C@H](CCC(=O)O)[C@H]1CC[C@H]2[C@@H]3[C@H](OCOC(=O)c4ccccc4)C[C@@H]4C[C@H](O[Si](C)(C)C(C)(C)C)CC[C@]4(C)[C@H]3C[C@H](OCOC(=O)c3ccccc3)[C@]12C. The summed E-state index contributed by atoms with van der Waals surface area (Å²) >= 11 is 0. The summed E-state index contributed by atoms with van der Waals surface area (Å²) in [7, 11) is -2.00. The predicted molar refractivity (Wildman–Crippen MR) is 217 cm³/mol. The maximum Gasteiger partial charge on any atom is 0.340 e. The highest BCUT2D eigenvalue weighted by Crippen LogP contribution is 2.69. The van der Waals surface area contributed by atoms with E-state index in [2.05, 4.69) is 54.6 Å². The maximum absolute atomic E-state index is 13.0. The molecule has 0 aromatic heterocycles. The molecule has 9 nitrogen and oxygen atoms in total. The van der Waals surface area contributed by atoms with Crippen molar-refractivity contribution in [3.8, 4) is 0 Å². The van der Waals surface area contributed by atoms with Crippen molar-refractivity contribution < 1.29 is 42.9 Å². The summed E-state index contributed by atoms with van der Waals surface area (Å²) in [6, 6.07) is 18.0. The molecule has 1 N–H and O–H groups in total. The van der Waals surface area contributed by atoms with E-state index in [1.165, 1.54) is 0 Å². The van der Waals surface area contributed by atoms with Gasteiger partial charge in [-0.2, -0.15) is 0 Å². The van der Waals surface area contributed by atoms with Crippen LogP contribution in [-0.2, 0) is 28.2 Å². The Balaban J connectivity index is 1.30. The first-order valence-corrected chi connectivity index (χ1v) is 23.9. The van der Waals surface area contributed by atoms with Gasteiger partial charge >= 0.3 is 17.9 Å². The minimum atomic E-state index is -2.00. The number of ether oxygens (including phenoxy) is 4. The first kappa shape index (κ1) is 42.5. The molecular weight excluding hydrogens is 725 g/mol. The third-order valence-corrected chi connectivity index (χ3v) is 20.0. The number of carboxylic acids is 1. The van der Waals surface area contributed by atoms with Crippen LogP contribution in [0.2, 0.25) is 18.1 Å². The molecule has 308 valence electrons. The Hall–Kier alpha value is -3.05. The molecule has 4 saturated carbocycles. The highest BCUT2D eigenvalue weighted by molar-refractivity contribution is 6.74. The normalized spacial score (nSPS) is 33.4. The van der Waals surface area contributed by atoms with Crippen LogP contribution in [0.15, 0.2) is 60.7 Å². The van der Waals surface area contributed by atoms with Crippen molar-refractivity contribution in [1.82, 2.24) is 0 Å². The Morgan fingerprint density at radius 2 is 1.41 bits per heavy atom. The molecule has 4 aliphatic carbocycles. The second kappa shape index (κ2) is 17.0. The highest BCUT2D eigenvalue weighted by atomic mass is 28.4. The van der Waals surface area contributed by atoms with E-state index in [-0.39, 0.29) is 83.8 Å². The maximum atomic E-state index is 13.0. The van der Waals surface area contributed by atoms with Crippen LogP contribution in [0.25, 0.3) is 0 Å². The van der Waals surface area contributed by atoms with Crippen molar-refractivity contribution in [3.63, 3.8) is 0 Å². The molecule has 4 aliphatic rings. The number of carbonyl (C=O) groups is 3. The molecule has 6 rings (SSSR count). The average molecular weight is 791 g/mol. The lowest BCUT2D eigenvalue weighted by Crippen LogP contribution is -2.63. The second-order valence-corrected chi connectivity index (χ2v) is 24.1. The van der Waals surface area contributed by atoms with Crippen LogP contribution in [0.1, 0.15) is 120 Å². The summed E-state index contributed by atoms with van der Waals surface area (Å²) in [5.41, 5.74) is 0.675. The third-order valence-electron chi connectivity index (χ3n) is 15.5. The molecule has 2 aromatic rings. The van der Waals surface area contributed by atoms with Gasteiger partial charge in [0, 0.05) is 17.9 Å².